The molecule has 0 unspecified atom stereocenters. The van der Waals surface area contributed by atoms with Crippen LogP contribution < -0.4 is 9.64 Å². The summed E-state index contributed by atoms with van der Waals surface area (Å²) in [4.78, 5) is 25.3. The highest BCUT2D eigenvalue weighted by molar-refractivity contribution is 5.95. The molecule has 1 aliphatic rings. The molecule has 0 bridgehead atoms. The van der Waals surface area contributed by atoms with Crippen LogP contribution in [0, 0.1) is 0 Å². The number of hydrogen-bond donors (Lipinski definition) is 0. The topological polar surface area (TPSA) is 63.0 Å². The normalized spacial score (nSPS) is 14.8. The Labute approximate surface area is 145 Å². The zero-order valence-corrected chi connectivity index (χ0v) is 14.0. The summed E-state index contributed by atoms with van der Waals surface area (Å²) in [6.45, 7) is 2.76. The Hall–Kier alpha value is -3.09. The summed E-state index contributed by atoms with van der Waals surface area (Å²) in [5, 5.41) is 0. The molecule has 0 spiro atoms. The molecule has 1 aliphatic heterocycles. The van der Waals surface area contributed by atoms with E-state index in [2.05, 4.69) is 14.9 Å². The molecule has 7 nitrogen and oxygen atoms in total. The monoisotopic (exact) mass is 337 g/mol. The van der Waals surface area contributed by atoms with Gasteiger partial charge in [0.1, 0.15) is 0 Å². The quantitative estimate of drug-likeness (QED) is 0.728. The van der Waals surface area contributed by atoms with E-state index in [1.165, 1.54) is 0 Å². The van der Waals surface area contributed by atoms with Crippen LogP contribution in [0.5, 0.6) is 5.88 Å². The smallest absolute Gasteiger partial charge is 0.255 e. The second-order valence-electron chi connectivity index (χ2n) is 5.96. The fourth-order valence-corrected chi connectivity index (χ4v) is 3.08. The first-order valence-corrected chi connectivity index (χ1v) is 8.21. The van der Waals surface area contributed by atoms with Gasteiger partial charge in [-0.3, -0.25) is 9.78 Å². The molecule has 0 atom stereocenters. The Morgan fingerprint density at radius 3 is 2.76 bits per heavy atom. The molecule has 0 N–H and O–H groups in total. The molecule has 1 saturated heterocycles. The number of carbonyl (C=O) groups is 1. The summed E-state index contributed by atoms with van der Waals surface area (Å²) in [7, 11) is 1.58. The second-order valence-corrected chi connectivity index (χ2v) is 5.96. The lowest BCUT2D eigenvalue weighted by Gasteiger charge is -2.35. The van der Waals surface area contributed by atoms with Gasteiger partial charge in [0, 0.05) is 44.1 Å². The third-order valence-electron chi connectivity index (χ3n) is 4.45. The number of carbonyl (C=O) groups excluding carboxylic acids is 1. The van der Waals surface area contributed by atoms with Gasteiger partial charge in [-0.05, 0) is 18.2 Å². The van der Waals surface area contributed by atoms with Gasteiger partial charge in [0.25, 0.3) is 5.91 Å². The molecule has 0 aliphatic carbocycles. The molecule has 3 aromatic rings. The largest absolute Gasteiger partial charge is 0.480 e. The minimum Gasteiger partial charge on any atom is -0.480 e. The number of piperazine rings is 1. The van der Waals surface area contributed by atoms with Crippen LogP contribution in [0.15, 0.2) is 49.1 Å². The van der Waals surface area contributed by atoms with E-state index < -0.39 is 0 Å². The molecule has 0 aromatic carbocycles. The Morgan fingerprint density at radius 2 is 2.00 bits per heavy atom. The SMILES string of the molecule is COc1cncc(N2CCN(C(=O)c3cc4ccccn4c3)CC2)n1. The van der Waals surface area contributed by atoms with Crippen molar-refractivity contribution in [1.29, 1.82) is 0 Å². The van der Waals surface area contributed by atoms with Crippen molar-refractivity contribution in [3.8, 4) is 5.88 Å². The van der Waals surface area contributed by atoms with Gasteiger partial charge >= 0.3 is 0 Å². The molecule has 3 aromatic heterocycles. The van der Waals surface area contributed by atoms with Crippen LogP contribution in [0.4, 0.5) is 5.82 Å². The van der Waals surface area contributed by atoms with E-state index in [9.17, 15) is 4.79 Å². The van der Waals surface area contributed by atoms with E-state index >= 15 is 0 Å². The molecular formula is C18H19N5O2. The molecule has 0 saturated carbocycles. The van der Waals surface area contributed by atoms with Crippen LogP contribution >= 0.6 is 0 Å². The maximum Gasteiger partial charge on any atom is 0.255 e. The predicted octanol–water partition coefficient (Wildman–Crippen LogP) is 1.70. The van der Waals surface area contributed by atoms with Gasteiger partial charge < -0.3 is 18.9 Å². The van der Waals surface area contributed by atoms with E-state index in [4.69, 9.17) is 4.74 Å². The number of amides is 1. The van der Waals surface area contributed by atoms with Crippen molar-refractivity contribution < 1.29 is 9.53 Å². The van der Waals surface area contributed by atoms with Gasteiger partial charge in [0.2, 0.25) is 5.88 Å². The van der Waals surface area contributed by atoms with E-state index in [0.717, 1.165) is 30.0 Å². The first-order valence-electron chi connectivity index (χ1n) is 8.21. The summed E-state index contributed by atoms with van der Waals surface area (Å²) < 4.78 is 7.09. The minimum absolute atomic E-state index is 0.0695. The van der Waals surface area contributed by atoms with Crippen molar-refractivity contribution in [3.63, 3.8) is 0 Å². The fraction of sp³-hybridized carbons (Fsp3) is 0.278. The van der Waals surface area contributed by atoms with E-state index in [1.54, 1.807) is 19.5 Å². The van der Waals surface area contributed by atoms with Crippen LogP contribution in [0.1, 0.15) is 10.4 Å². The maximum atomic E-state index is 12.8. The molecule has 4 heterocycles. The summed E-state index contributed by atoms with van der Waals surface area (Å²) in [5.74, 6) is 1.35. The van der Waals surface area contributed by atoms with Crippen molar-refractivity contribution in [2.24, 2.45) is 0 Å². The summed E-state index contributed by atoms with van der Waals surface area (Å²) >= 11 is 0. The van der Waals surface area contributed by atoms with Gasteiger partial charge in [-0.2, -0.15) is 4.98 Å². The number of methoxy groups -OCH3 is 1. The van der Waals surface area contributed by atoms with Crippen LogP contribution in [0.2, 0.25) is 0 Å². The molecule has 25 heavy (non-hydrogen) atoms. The number of aromatic nitrogens is 3. The summed E-state index contributed by atoms with van der Waals surface area (Å²) in [5.41, 5.74) is 1.75. The Kier molecular flexibility index (Phi) is 3.97. The number of nitrogens with zero attached hydrogens (tertiary/aromatic N) is 5. The maximum absolute atomic E-state index is 12.8. The average Bonchev–Trinajstić information content (AvgIpc) is 3.12. The van der Waals surface area contributed by atoms with E-state index in [1.807, 2.05) is 46.0 Å². The average molecular weight is 337 g/mol. The first-order chi connectivity index (χ1) is 12.2. The zero-order chi connectivity index (χ0) is 17.2. The molecule has 0 radical (unpaired) electrons. The van der Waals surface area contributed by atoms with E-state index in [-0.39, 0.29) is 5.91 Å². The molecule has 4 rings (SSSR count). The summed E-state index contributed by atoms with van der Waals surface area (Å²) in [6, 6.07) is 7.85. The summed E-state index contributed by atoms with van der Waals surface area (Å²) in [6.07, 6.45) is 7.14. The molecule has 1 amide bonds. The molecular weight excluding hydrogens is 318 g/mol. The second kappa shape index (κ2) is 6.43. The van der Waals surface area contributed by atoms with Gasteiger partial charge in [-0.1, -0.05) is 6.07 Å². The fourth-order valence-electron chi connectivity index (χ4n) is 3.08. The van der Waals surface area contributed by atoms with Crippen molar-refractivity contribution in [2.75, 3.05) is 38.2 Å². The molecule has 1 fully saturated rings. The van der Waals surface area contributed by atoms with Gasteiger partial charge in [0.05, 0.1) is 25.1 Å². The Morgan fingerprint density at radius 1 is 1.16 bits per heavy atom. The number of pyridine rings is 1. The lowest BCUT2D eigenvalue weighted by molar-refractivity contribution is 0.0746. The van der Waals surface area contributed by atoms with Crippen LogP contribution in [0.25, 0.3) is 5.52 Å². The minimum atomic E-state index is 0.0695. The highest BCUT2D eigenvalue weighted by Crippen LogP contribution is 2.18. The van der Waals surface area contributed by atoms with Crippen molar-refractivity contribution in [1.82, 2.24) is 19.3 Å². The van der Waals surface area contributed by atoms with Crippen molar-refractivity contribution in [2.45, 2.75) is 0 Å². The highest BCUT2D eigenvalue weighted by atomic mass is 16.5. The van der Waals surface area contributed by atoms with Gasteiger partial charge in [0.15, 0.2) is 5.82 Å². The number of hydrogen-bond acceptors (Lipinski definition) is 5. The number of fused-ring (bicyclic) bond motifs is 1. The third-order valence-corrected chi connectivity index (χ3v) is 4.45. The van der Waals surface area contributed by atoms with Crippen molar-refractivity contribution >= 4 is 17.2 Å². The van der Waals surface area contributed by atoms with Gasteiger partial charge in [-0.25, -0.2) is 0 Å². The van der Waals surface area contributed by atoms with Crippen molar-refractivity contribution in [3.05, 3.63) is 54.6 Å². The number of ether oxygens (including phenoxy) is 1. The Balaban J connectivity index is 1.45. The Bertz CT molecular complexity index is 866. The third kappa shape index (κ3) is 3.00. The number of anilines is 1. The number of rotatable bonds is 3. The van der Waals surface area contributed by atoms with Crippen LogP contribution in [0.3, 0.4) is 0 Å². The lowest BCUT2D eigenvalue weighted by Crippen LogP contribution is -2.49. The van der Waals surface area contributed by atoms with Crippen LogP contribution in [-0.2, 0) is 0 Å². The standard InChI is InChI=1S/C18H19N5O2/c1-25-17-12-19-11-16(20-17)21-6-8-22(9-7-21)18(24)14-10-15-4-2-3-5-23(15)13-14/h2-5,10-13H,6-9H2,1H3. The predicted molar refractivity (Wildman–Crippen MR) is 94.1 cm³/mol. The van der Waals surface area contributed by atoms with Crippen LogP contribution in [-0.4, -0.2) is 58.5 Å². The molecule has 128 valence electrons. The molecule has 7 heteroatoms. The first kappa shape index (κ1) is 15.4. The highest BCUT2D eigenvalue weighted by Gasteiger charge is 2.24. The lowest BCUT2D eigenvalue weighted by atomic mass is 10.2. The van der Waals surface area contributed by atoms with E-state index in [0.29, 0.717) is 19.0 Å². The zero-order valence-electron chi connectivity index (χ0n) is 14.0. The van der Waals surface area contributed by atoms with Gasteiger partial charge in [-0.15, -0.1) is 0 Å².